The Morgan fingerprint density at radius 3 is 2.58 bits per heavy atom. The number of carbonyl (C=O) groups is 1. The second-order valence-corrected chi connectivity index (χ2v) is 5.66. The van der Waals surface area contributed by atoms with Crippen molar-refractivity contribution in [2.45, 2.75) is 13.0 Å². The highest BCUT2D eigenvalue weighted by Gasteiger charge is 2.18. The van der Waals surface area contributed by atoms with Crippen LogP contribution in [-0.4, -0.2) is 35.1 Å². The van der Waals surface area contributed by atoms with Crippen LogP contribution in [-0.2, 0) is 0 Å². The number of nitrogens with one attached hydrogen (secondary N) is 1. The van der Waals surface area contributed by atoms with Crippen LogP contribution >= 0.6 is 0 Å². The molecule has 1 unspecified atom stereocenters. The predicted octanol–water partition coefficient (Wildman–Crippen LogP) is 2.78. The molecule has 0 fully saturated rings. The normalized spacial score (nSPS) is 11.7. The second-order valence-electron chi connectivity index (χ2n) is 5.66. The number of methoxy groups -OCH3 is 2. The first-order valence-electron chi connectivity index (χ1n) is 8.13. The summed E-state index contributed by atoms with van der Waals surface area (Å²) in [5.41, 5.74) is 1.88. The minimum atomic E-state index is -0.308. The lowest BCUT2D eigenvalue weighted by molar-refractivity contribution is 0.0934. The molecule has 3 rings (SSSR count). The number of nitrogens with zero attached hydrogens (tertiary/aromatic N) is 3. The van der Waals surface area contributed by atoms with Crippen LogP contribution in [0.5, 0.6) is 11.5 Å². The number of carbonyl (C=O) groups excluding carboxylic acids is 1. The average molecular weight is 352 g/mol. The Bertz CT molecular complexity index is 893. The minimum absolute atomic E-state index is 0.244. The lowest BCUT2D eigenvalue weighted by atomic mass is 10.1. The van der Waals surface area contributed by atoms with Gasteiger partial charge in [0.15, 0.2) is 5.69 Å². The Morgan fingerprint density at radius 1 is 1.12 bits per heavy atom. The van der Waals surface area contributed by atoms with Crippen LogP contribution in [0.1, 0.15) is 29.0 Å². The summed E-state index contributed by atoms with van der Waals surface area (Å²) < 4.78 is 10.6. The van der Waals surface area contributed by atoms with E-state index in [0.29, 0.717) is 11.5 Å². The maximum Gasteiger partial charge on any atom is 0.273 e. The molecule has 1 atom stereocenters. The van der Waals surface area contributed by atoms with E-state index in [4.69, 9.17) is 9.47 Å². The van der Waals surface area contributed by atoms with Crippen molar-refractivity contribution in [3.05, 3.63) is 66.0 Å². The SMILES string of the molecule is COc1ccc(C(C)NC(=O)c2cnn(-c3ccccc3)n2)c(OC)c1. The van der Waals surface area contributed by atoms with Gasteiger partial charge in [0, 0.05) is 11.6 Å². The van der Waals surface area contributed by atoms with Crippen LogP contribution in [0, 0.1) is 0 Å². The highest BCUT2D eigenvalue weighted by Crippen LogP contribution is 2.29. The Labute approximate surface area is 151 Å². The highest BCUT2D eigenvalue weighted by molar-refractivity contribution is 5.92. The monoisotopic (exact) mass is 352 g/mol. The molecule has 1 heterocycles. The number of aromatic nitrogens is 3. The van der Waals surface area contributed by atoms with Crippen LogP contribution in [0.2, 0.25) is 0 Å². The average Bonchev–Trinajstić information content (AvgIpc) is 3.18. The molecule has 134 valence electrons. The van der Waals surface area contributed by atoms with Gasteiger partial charge in [0.1, 0.15) is 11.5 Å². The lowest BCUT2D eigenvalue weighted by Gasteiger charge is -2.17. The molecule has 1 amide bonds. The molecule has 1 aromatic heterocycles. The summed E-state index contributed by atoms with van der Waals surface area (Å²) in [5.74, 6) is 1.03. The van der Waals surface area contributed by atoms with Gasteiger partial charge in [-0.2, -0.15) is 9.90 Å². The van der Waals surface area contributed by atoms with Gasteiger partial charge in [0.25, 0.3) is 5.91 Å². The summed E-state index contributed by atoms with van der Waals surface area (Å²) in [7, 11) is 3.17. The number of amides is 1. The number of rotatable bonds is 6. The first kappa shape index (κ1) is 17.5. The quantitative estimate of drug-likeness (QED) is 0.738. The van der Waals surface area contributed by atoms with Gasteiger partial charge in [-0.05, 0) is 31.2 Å². The molecular formula is C19H20N4O3. The Morgan fingerprint density at radius 2 is 1.88 bits per heavy atom. The summed E-state index contributed by atoms with van der Waals surface area (Å²) in [6, 6.07) is 14.6. The molecule has 0 aliphatic rings. The molecule has 26 heavy (non-hydrogen) atoms. The van der Waals surface area contributed by atoms with Gasteiger partial charge in [-0.1, -0.05) is 18.2 Å². The molecule has 0 bridgehead atoms. The molecule has 0 spiro atoms. The van der Waals surface area contributed by atoms with Gasteiger partial charge in [0.05, 0.1) is 32.1 Å². The third-order valence-corrected chi connectivity index (χ3v) is 3.97. The first-order valence-corrected chi connectivity index (χ1v) is 8.13. The van der Waals surface area contributed by atoms with Gasteiger partial charge < -0.3 is 14.8 Å². The Hall–Kier alpha value is -3.35. The zero-order valence-electron chi connectivity index (χ0n) is 14.8. The van der Waals surface area contributed by atoms with Crippen molar-refractivity contribution in [2.24, 2.45) is 0 Å². The van der Waals surface area contributed by atoms with Crippen molar-refractivity contribution in [1.82, 2.24) is 20.3 Å². The summed E-state index contributed by atoms with van der Waals surface area (Å²) >= 11 is 0. The second kappa shape index (κ2) is 7.69. The van der Waals surface area contributed by atoms with Crippen LogP contribution in [0.25, 0.3) is 5.69 Å². The van der Waals surface area contributed by atoms with E-state index in [2.05, 4.69) is 15.5 Å². The largest absolute Gasteiger partial charge is 0.497 e. The fourth-order valence-electron chi connectivity index (χ4n) is 2.58. The molecule has 0 saturated carbocycles. The standard InChI is InChI=1S/C19H20N4O3/c1-13(16-10-9-15(25-2)11-18(16)26-3)21-19(24)17-12-20-23(22-17)14-7-5-4-6-8-14/h4-13H,1-3H3,(H,21,24). The van der Waals surface area contributed by atoms with Crippen molar-refractivity contribution < 1.29 is 14.3 Å². The van der Waals surface area contributed by atoms with E-state index in [1.54, 1.807) is 20.3 Å². The molecule has 7 heteroatoms. The molecule has 0 aliphatic heterocycles. The zero-order valence-corrected chi connectivity index (χ0v) is 14.8. The summed E-state index contributed by atoms with van der Waals surface area (Å²) in [6.07, 6.45) is 1.44. The van der Waals surface area contributed by atoms with Crippen molar-refractivity contribution in [2.75, 3.05) is 14.2 Å². The molecule has 0 radical (unpaired) electrons. The lowest BCUT2D eigenvalue weighted by Crippen LogP contribution is -2.27. The Balaban J connectivity index is 1.75. The number of para-hydroxylation sites is 1. The predicted molar refractivity (Wildman–Crippen MR) is 96.8 cm³/mol. The summed E-state index contributed by atoms with van der Waals surface area (Å²) in [4.78, 5) is 13.9. The highest BCUT2D eigenvalue weighted by atomic mass is 16.5. The van der Waals surface area contributed by atoms with Crippen LogP contribution in [0.3, 0.4) is 0 Å². The fourth-order valence-corrected chi connectivity index (χ4v) is 2.58. The van der Waals surface area contributed by atoms with Crippen molar-refractivity contribution in [3.8, 4) is 17.2 Å². The van der Waals surface area contributed by atoms with Crippen molar-refractivity contribution in [3.63, 3.8) is 0 Å². The molecule has 0 saturated heterocycles. The van der Waals surface area contributed by atoms with Gasteiger partial charge in [0.2, 0.25) is 0 Å². The van der Waals surface area contributed by atoms with E-state index < -0.39 is 0 Å². The molecule has 3 aromatic rings. The van der Waals surface area contributed by atoms with E-state index in [0.717, 1.165) is 11.3 Å². The van der Waals surface area contributed by atoms with Crippen LogP contribution in [0.4, 0.5) is 0 Å². The molecule has 7 nitrogen and oxygen atoms in total. The zero-order chi connectivity index (χ0) is 18.5. The van der Waals surface area contributed by atoms with Crippen LogP contribution in [0.15, 0.2) is 54.7 Å². The van der Waals surface area contributed by atoms with E-state index in [-0.39, 0.29) is 17.6 Å². The maximum absolute atomic E-state index is 12.5. The topological polar surface area (TPSA) is 78.3 Å². The number of hydrogen-bond donors (Lipinski definition) is 1. The fraction of sp³-hybridized carbons (Fsp3) is 0.211. The van der Waals surface area contributed by atoms with E-state index in [1.165, 1.54) is 11.0 Å². The molecule has 0 aliphatic carbocycles. The van der Waals surface area contributed by atoms with Gasteiger partial charge >= 0.3 is 0 Å². The van der Waals surface area contributed by atoms with Crippen molar-refractivity contribution >= 4 is 5.91 Å². The minimum Gasteiger partial charge on any atom is -0.497 e. The number of ether oxygens (including phenoxy) is 2. The molecule has 2 aromatic carbocycles. The van der Waals surface area contributed by atoms with E-state index in [9.17, 15) is 4.79 Å². The van der Waals surface area contributed by atoms with Gasteiger partial charge in [-0.3, -0.25) is 4.79 Å². The van der Waals surface area contributed by atoms with Crippen LogP contribution < -0.4 is 14.8 Å². The molecule has 1 N–H and O–H groups in total. The third-order valence-electron chi connectivity index (χ3n) is 3.97. The van der Waals surface area contributed by atoms with E-state index in [1.807, 2.05) is 49.4 Å². The summed E-state index contributed by atoms with van der Waals surface area (Å²) in [6.45, 7) is 1.88. The number of benzene rings is 2. The first-order chi connectivity index (χ1) is 12.6. The maximum atomic E-state index is 12.5. The number of hydrogen-bond acceptors (Lipinski definition) is 5. The smallest absolute Gasteiger partial charge is 0.273 e. The Kier molecular flexibility index (Phi) is 5.17. The van der Waals surface area contributed by atoms with Gasteiger partial charge in [-0.25, -0.2) is 0 Å². The molecular weight excluding hydrogens is 332 g/mol. The third kappa shape index (κ3) is 3.66. The van der Waals surface area contributed by atoms with E-state index >= 15 is 0 Å². The van der Waals surface area contributed by atoms with Crippen molar-refractivity contribution in [1.29, 1.82) is 0 Å². The van der Waals surface area contributed by atoms with Gasteiger partial charge in [-0.15, -0.1) is 5.10 Å². The summed E-state index contributed by atoms with van der Waals surface area (Å²) in [5, 5.41) is 11.3.